The van der Waals surface area contributed by atoms with Crippen molar-refractivity contribution in [2.75, 3.05) is 10.6 Å². The van der Waals surface area contributed by atoms with Gasteiger partial charge in [-0.25, -0.2) is 14.4 Å². The molecule has 8 heteroatoms. The highest BCUT2D eigenvalue weighted by Gasteiger charge is 2.10. The summed E-state index contributed by atoms with van der Waals surface area (Å²) in [4.78, 5) is 20.5. The largest absolute Gasteiger partial charge is 0.324 e. The first-order chi connectivity index (χ1) is 12.4. The number of halogens is 3. The number of amides is 1. The topological polar surface area (TPSA) is 66.9 Å². The Kier molecular flexibility index (Phi) is 5.35. The molecule has 0 aliphatic carbocycles. The molecule has 132 valence electrons. The van der Waals surface area contributed by atoms with E-state index in [0.717, 1.165) is 11.3 Å². The summed E-state index contributed by atoms with van der Waals surface area (Å²) in [6.07, 6.45) is 2.78. The molecule has 1 heterocycles. The van der Waals surface area contributed by atoms with Gasteiger partial charge in [-0.3, -0.25) is 4.79 Å². The highest BCUT2D eigenvalue weighted by atomic mass is 35.5. The highest BCUT2D eigenvalue weighted by Crippen LogP contribution is 2.22. The number of hydrogen-bond acceptors (Lipinski definition) is 4. The van der Waals surface area contributed by atoms with Gasteiger partial charge >= 0.3 is 0 Å². The van der Waals surface area contributed by atoms with Crippen molar-refractivity contribution in [1.29, 1.82) is 0 Å². The molecule has 0 aliphatic heterocycles. The van der Waals surface area contributed by atoms with Crippen LogP contribution in [0.15, 0.2) is 48.8 Å². The summed E-state index contributed by atoms with van der Waals surface area (Å²) in [6, 6.07) is 9.32. The molecule has 3 aromatic rings. The predicted molar refractivity (Wildman–Crippen MR) is 101 cm³/mol. The molecule has 3 rings (SSSR count). The second-order valence-corrected chi connectivity index (χ2v) is 6.31. The van der Waals surface area contributed by atoms with Crippen LogP contribution >= 0.6 is 23.2 Å². The number of nitrogens with one attached hydrogen (secondary N) is 2. The average molecular weight is 391 g/mol. The number of anilines is 3. The molecule has 0 bridgehead atoms. The van der Waals surface area contributed by atoms with E-state index in [4.69, 9.17) is 23.2 Å². The number of carbonyl (C=O) groups excluding carboxylic acids is 1. The number of aryl methyl sites for hydroxylation is 1. The Balaban J connectivity index is 1.70. The van der Waals surface area contributed by atoms with Crippen molar-refractivity contribution in [1.82, 2.24) is 9.97 Å². The first-order valence-electron chi connectivity index (χ1n) is 7.54. The number of aromatic nitrogens is 2. The third-order valence-corrected chi connectivity index (χ3v) is 4.05. The molecule has 2 aromatic carbocycles. The van der Waals surface area contributed by atoms with Gasteiger partial charge < -0.3 is 10.6 Å². The van der Waals surface area contributed by atoms with Gasteiger partial charge in [0.1, 0.15) is 5.82 Å². The van der Waals surface area contributed by atoms with E-state index in [9.17, 15) is 9.18 Å². The number of nitrogens with zero attached hydrogens (tertiary/aromatic N) is 2. The predicted octanol–water partition coefficient (Wildman–Crippen LogP) is 5.23. The van der Waals surface area contributed by atoms with Gasteiger partial charge in [0.2, 0.25) is 5.95 Å². The van der Waals surface area contributed by atoms with E-state index in [-0.39, 0.29) is 10.6 Å². The van der Waals surface area contributed by atoms with Gasteiger partial charge in [0, 0.05) is 28.8 Å². The molecule has 5 nitrogen and oxygen atoms in total. The summed E-state index contributed by atoms with van der Waals surface area (Å²) in [5.74, 6) is -0.639. The lowest BCUT2D eigenvalue weighted by atomic mass is 10.2. The van der Waals surface area contributed by atoms with E-state index < -0.39 is 11.7 Å². The van der Waals surface area contributed by atoms with Gasteiger partial charge in [0.05, 0.1) is 10.6 Å². The second kappa shape index (κ2) is 7.68. The zero-order valence-electron chi connectivity index (χ0n) is 13.6. The van der Waals surface area contributed by atoms with E-state index in [2.05, 4.69) is 20.6 Å². The van der Waals surface area contributed by atoms with Crippen molar-refractivity contribution in [3.8, 4) is 0 Å². The summed E-state index contributed by atoms with van der Waals surface area (Å²) in [5.41, 5.74) is 2.38. The van der Waals surface area contributed by atoms with Crippen LogP contribution in [0.4, 0.5) is 21.7 Å². The molecule has 0 unspecified atom stereocenters. The van der Waals surface area contributed by atoms with Gasteiger partial charge in [0.25, 0.3) is 5.91 Å². The van der Waals surface area contributed by atoms with Gasteiger partial charge in [-0.1, -0.05) is 23.2 Å². The van der Waals surface area contributed by atoms with Crippen LogP contribution in [0.25, 0.3) is 0 Å². The SMILES string of the molecule is Cc1cc(Cl)ccc1Nc1ncc(C(=O)Nc2ccc(F)c(Cl)c2)cn1. The molecule has 1 amide bonds. The summed E-state index contributed by atoms with van der Waals surface area (Å²) < 4.78 is 13.2. The Bertz CT molecular complexity index is 964. The highest BCUT2D eigenvalue weighted by molar-refractivity contribution is 6.31. The van der Waals surface area contributed by atoms with Crippen LogP contribution in [0.2, 0.25) is 10.0 Å². The van der Waals surface area contributed by atoms with Crippen molar-refractivity contribution >= 4 is 46.4 Å². The number of carbonyl (C=O) groups is 1. The fraction of sp³-hybridized carbons (Fsp3) is 0.0556. The normalized spacial score (nSPS) is 10.5. The van der Waals surface area contributed by atoms with Crippen molar-refractivity contribution in [2.45, 2.75) is 6.92 Å². The Hall–Kier alpha value is -2.70. The molecule has 0 spiro atoms. The van der Waals surface area contributed by atoms with Gasteiger partial charge in [-0.15, -0.1) is 0 Å². The minimum absolute atomic E-state index is 0.0723. The lowest BCUT2D eigenvalue weighted by Gasteiger charge is -2.09. The maximum absolute atomic E-state index is 13.2. The first kappa shape index (κ1) is 18.1. The van der Waals surface area contributed by atoms with Crippen molar-refractivity contribution in [3.05, 3.63) is 75.8 Å². The van der Waals surface area contributed by atoms with Gasteiger partial charge in [-0.2, -0.15) is 0 Å². The minimum atomic E-state index is -0.555. The van der Waals surface area contributed by atoms with Crippen molar-refractivity contribution in [3.63, 3.8) is 0 Å². The second-order valence-electron chi connectivity index (χ2n) is 5.46. The molecule has 0 fully saturated rings. The maximum atomic E-state index is 13.2. The lowest BCUT2D eigenvalue weighted by molar-refractivity contribution is 0.102. The van der Waals surface area contributed by atoms with E-state index >= 15 is 0 Å². The third-order valence-electron chi connectivity index (χ3n) is 3.53. The smallest absolute Gasteiger partial charge is 0.258 e. The molecule has 0 aliphatic rings. The molecule has 26 heavy (non-hydrogen) atoms. The summed E-state index contributed by atoms with van der Waals surface area (Å²) in [7, 11) is 0. The molecule has 0 saturated carbocycles. The van der Waals surface area contributed by atoms with E-state index in [0.29, 0.717) is 16.7 Å². The quantitative estimate of drug-likeness (QED) is 0.640. The molecule has 1 aromatic heterocycles. The number of rotatable bonds is 4. The van der Waals surface area contributed by atoms with Crippen LogP contribution in [-0.4, -0.2) is 15.9 Å². The van der Waals surface area contributed by atoms with E-state index in [1.807, 2.05) is 19.1 Å². The van der Waals surface area contributed by atoms with Gasteiger partial charge in [0.15, 0.2) is 0 Å². The zero-order valence-corrected chi connectivity index (χ0v) is 15.1. The van der Waals surface area contributed by atoms with E-state index in [1.165, 1.54) is 30.6 Å². The van der Waals surface area contributed by atoms with Crippen LogP contribution in [0, 0.1) is 12.7 Å². The Morgan fingerprint density at radius 3 is 2.46 bits per heavy atom. The first-order valence-corrected chi connectivity index (χ1v) is 8.29. The Morgan fingerprint density at radius 1 is 1.08 bits per heavy atom. The van der Waals surface area contributed by atoms with Gasteiger partial charge in [-0.05, 0) is 48.9 Å². The lowest BCUT2D eigenvalue weighted by Crippen LogP contribution is -2.13. The van der Waals surface area contributed by atoms with E-state index in [1.54, 1.807) is 6.07 Å². The van der Waals surface area contributed by atoms with Crippen LogP contribution in [0.5, 0.6) is 0 Å². The summed E-state index contributed by atoms with van der Waals surface area (Å²) in [6.45, 7) is 1.91. The summed E-state index contributed by atoms with van der Waals surface area (Å²) in [5, 5.41) is 6.23. The maximum Gasteiger partial charge on any atom is 0.258 e. The molecule has 0 saturated heterocycles. The summed E-state index contributed by atoms with van der Waals surface area (Å²) >= 11 is 11.6. The van der Waals surface area contributed by atoms with Crippen LogP contribution in [0.3, 0.4) is 0 Å². The number of benzene rings is 2. The Morgan fingerprint density at radius 2 is 1.81 bits per heavy atom. The van der Waals surface area contributed by atoms with Crippen LogP contribution in [-0.2, 0) is 0 Å². The zero-order chi connectivity index (χ0) is 18.7. The monoisotopic (exact) mass is 390 g/mol. The van der Waals surface area contributed by atoms with Crippen molar-refractivity contribution in [2.24, 2.45) is 0 Å². The Labute approximate surface area is 159 Å². The molecule has 2 N–H and O–H groups in total. The molecular formula is C18H13Cl2FN4O. The fourth-order valence-electron chi connectivity index (χ4n) is 2.17. The number of hydrogen-bond donors (Lipinski definition) is 2. The molecule has 0 atom stereocenters. The van der Waals surface area contributed by atoms with Crippen molar-refractivity contribution < 1.29 is 9.18 Å². The third kappa shape index (κ3) is 4.28. The van der Waals surface area contributed by atoms with Crippen LogP contribution in [0.1, 0.15) is 15.9 Å². The van der Waals surface area contributed by atoms with Crippen LogP contribution < -0.4 is 10.6 Å². The minimum Gasteiger partial charge on any atom is -0.324 e. The fourth-order valence-corrected chi connectivity index (χ4v) is 2.58. The molecular weight excluding hydrogens is 378 g/mol. The average Bonchev–Trinajstić information content (AvgIpc) is 2.61. The molecule has 0 radical (unpaired) electrons. The standard InChI is InChI=1S/C18H13Cl2FN4O/c1-10-6-12(19)2-5-16(10)25-18-22-8-11(9-23-18)17(26)24-13-3-4-15(21)14(20)7-13/h2-9H,1H3,(H,24,26)(H,22,23,25).